The Kier molecular flexibility index (Phi) is 5.86. The van der Waals surface area contributed by atoms with E-state index in [0.29, 0.717) is 11.4 Å². The predicted molar refractivity (Wildman–Crippen MR) is 95.8 cm³/mol. The third-order valence-electron chi connectivity index (χ3n) is 3.44. The van der Waals surface area contributed by atoms with Crippen molar-refractivity contribution in [3.05, 3.63) is 48.3 Å². The number of rotatable bonds is 6. The molecule has 0 aliphatic carbocycles. The average molecular weight is 310 g/mol. The fourth-order valence-corrected chi connectivity index (χ4v) is 2.30. The highest BCUT2D eigenvalue weighted by molar-refractivity contribution is 5.94. The SMILES string of the molecule is CCN(CC)c1ccc(N=Cc2ccccn2)c(NC(C)=O)c1. The fourth-order valence-electron chi connectivity index (χ4n) is 2.30. The maximum absolute atomic E-state index is 11.5. The summed E-state index contributed by atoms with van der Waals surface area (Å²) in [5.41, 5.74) is 3.25. The van der Waals surface area contributed by atoms with Gasteiger partial charge in [0.25, 0.3) is 0 Å². The largest absolute Gasteiger partial charge is 0.372 e. The van der Waals surface area contributed by atoms with Crippen LogP contribution in [0, 0.1) is 0 Å². The summed E-state index contributed by atoms with van der Waals surface area (Å²) in [4.78, 5) is 22.4. The molecule has 0 radical (unpaired) electrons. The maximum Gasteiger partial charge on any atom is 0.221 e. The first-order chi connectivity index (χ1) is 11.1. The van der Waals surface area contributed by atoms with E-state index in [1.807, 2.05) is 36.4 Å². The molecule has 23 heavy (non-hydrogen) atoms. The van der Waals surface area contributed by atoms with Gasteiger partial charge in [0.15, 0.2) is 0 Å². The van der Waals surface area contributed by atoms with Gasteiger partial charge in [-0.15, -0.1) is 0 Å². The molecule has 0 aliphatic heterocycles. The van der Waals surface area contributed by atoms with Gasteiger partial charge in [-0.3, -0.25) is 14.8 Å². The van der Waals surface area contributed by atoms with Gasteiger partial charge in [-0.2, -0.15) is 0 Å². The van der Waals surface area contributed by atoms with Crippen LogP contribution >= 0.6 is 0 Å². The predicted octanol–water partition coefficient (Wildman–Crippen LogP) is 3.64. The molecule has 2 aromatic rings. The normalized spacial score (nSPS) is 10.7. The molecule has 0 fully saturated rings. The van der Waals surface area contributed by atoms with Gasteiger partial charge >= 0.3 is 0 Å². The molecule has 2 rings (SSSR count). The van der Waals surface area contributed by atoms with Crippen LogP contribution in [0.4, 0.5) is 17.1 Å². The van der Waals surface area contributed by atoms with E-state index in [1.54, 1.807) is 12.4 Å². The molecule has 0 spiro atoms. The lowest BCUT2D eigenvalue weighted by Crippen LogP contribution is -2.21. The summed E-state index contributed by atoms with van der Waals surface area (Å²) in [6, 6.07) is 11.5. The Balaban J connectivity index is 2.34. The van der Waals surface area contributed by atoms with Crippen LogP contribution < -0.4 is 10.2 Å². The standard InChI is InChI=1S/C18H22N4O/c1-4-22(5-2)16-9-10-17(18(12-16)21-14(3)23)20-13-15-8-6-7-11-19-15/h6-13H,4-5H2,1-3H3,(H,21,23). The van der Waals surface area contributed by atoms with Crippen molar-refractivity contribution in [1.29, 1.82) is 0 Å². The van der Waals surface area contributed by atoms with Crippen LogP contribution in [-0.4, -0.2) is 30.2 Å². The molecule has 1 aromatic heterocycles. The lowest BCUT2D eigenvalue weighted by atomic mass is 10.2. The summed E-state index contributed by atoms with van der Waals surface area (Å²) in [5, 5.41) is 2.85. The zero-order valence-electron chi connectivity index (χ0n) is 13.8. The molecule has 0 unspecified atom stereocenters. The first kappa shape index (κ1) is 16.7. The van der Waals surface area contributed by atoms with Gasteiger partial charge in [0.2, 0.25) is 5.91 Å². The van der Waals surface area contributed by atoms with Crippen molar-refractivity contribution in [1.82, 2.24) is 4.98 Å². The van der Waals surface area contributed by atoms with Crippen molar-refractivity contribution < 1.29 is 4.79 Å². The van der Waals surface area contributed by atoms with Gasteiger partial charge in [0.05, 0.1) is 23.3 Å². The second-order valence-electron chi connectivity index (χ2n) is 5.07. The van der Waals surface area contributed by atoms with Gasteiger partial charge < -0.3 is 10.2 Å². The number of carbonyl (C=O) groups is 1. The second-order valence-corrected chi connectivity index (χ2v) is 5.07. The molecule has 1 aromatic carbocycles. The topological polar surface area (TPSA) is 57.6 Å². The van der Waals surface area contributed by atoms with E-state index in [-0.39, 0.29) is 5.91 Å². The van der Waals surface area contributed by atoms with E-state index in [4.69, 9.17) is 0 Å². The van der Waals surface area contributed by atoms with Crippen molar-refractivity contribution in [2.45, 2.75) is 20.8 Å². The fraction of sp³-hybridized carbons (Fsp3) is 0.278. The molecule has 0 bridgehead atoms. The summed E-state index contributed by atoms with van der Waals surface area (Å²) in [5.74, 6) is -0.115. The summed E-state index contributed by atoms with van der Waals surface area (Å²) in [6.45, 7) is 7.53. The van der Waals surface area contributed by atoms with Crippen LogP contribution in [0.1, 0.15) is 26.5 Å². The van der Waals surface area contributed by atoms with Gasteiger partial charge in [0, 0.05) is 31.9 Å². The van der Waals surface area contributed by atoms with E-state index < -0.39 is 0 Å². The number of amides is 1. The average Bonchev–Trinajstić information content (AvgIpc) is 2.55. The van der Waals surface area contributed by atoms with E-state index in [1.165, 1.54) is 6.92 Å². The van der Waals surface area contributed by atoms with Gasteiger partial charge in [-0.05, 0) is 44.2 Å². The third-order valence-corrected chi connectivity index (χ3v) is 3.44. The number of carbonyl (C=O) groups excluding carboxylic acids is 1. The minimum Gasteiger partial charge on any atom is -0.372 e. The number of pyridine rings is 1. The quantitative estimate of drug-likeness (QED) is 0.829. The molecule has 0 aliphatic rings. The van der Waals surface area contributed by atoms with Crippen LogP contribution in [0.2, 0.25) is 0 Å². The number of aliphatic imine (C=N–C) groups is 1. The summed E-state index contributed by atoms with van der Waals surface area (Å²) < 4.78 is 0. The van der Waals surface area contributed by atoms with Crippen LogP contribution in [0.15, 0.2) is 47.6 Å². The monoisotopic (exact) mass is 310 g/mol. The first-order valence-corrected chi connectivity index (χ1v) is 7.75. The van der Waals surface area contributed by atoms with E-state index in [2.05, 4.69) is 34.0 Å². The minimum atomic E-state index is -0.115. The van der Waals surface area contributed by atoms with Crippen molar-refractivity contribution in [2.75, 3.05) is 23.3 Å². The van der Waals surface area contributed by atoms with Crippen molar-refractivity contribution in [3.8, 4) is 0 Å². The lowest BCUT2D eigenvalue weighted by Gasteiger charge is -2.22. The molecule has 5 heteroatoms. The highest BCUT2D eigenvalue weighted by atomic mass is 16.1. The number of hydrogen-bond acceptors (Lipinski definition) is 4. The number of nitrogens with one attached hydrogen (secondary N) is 1. The van der Waals surface area contributed by atoms with Gasteiger partial charge in [-0.25, -0.2) is 0 Å². The Hall–Kier alpha value is -2.69. The molecular formula is C18H22N4O. The number of hydrogen-bond donors (Lipinski definition) is 1. The van der Waals surface area contributed by atoms with Crippen LogP contribution in [-0.2, 0) is 4.79 Å². The first-order valence-electron chi connectivity index (χ1n) is 7.75. The highest BCUT2D eigenvalue weighted by Crippen LogP contribution is 2.30. The van der Waals surface area contributed by atoms with Crippen molar-refractivity contribution >= 4 is 29.2 Å². The molecule has 1 N–H and O–H groups in total. The van der Waals surface area contributed by atoms with E-state index >= 15 is 0 Å². The number of anilines is 2. The number of benzene rings is 1. The molecule has 5 nitrogen and oxygen atoms in total. The van der Waals surface area contributed by atoms with Crippen molar-refractivity contribution in [3.63, 3.8) is 0 Å². The third kappa shape index (κ3) is 4.64. The maximum atomic E-state index is 11.5. The van der Waals surface area contributed by atoms with Crippen molar-refractivity contribution in [2.24, 2.45) is 4.99 Å². The zero-order valence-corrected chi connectivity index (χ0v) is 13.8. The summed E-state index contributed by atoms with van der Waals surface area (Å²) >= 11 is 0. The highest BCUT2D eigenvalue weighted by Gasteiger charge is 2.08. The minimum absolute atomic E-state index is 0.115. The molecule has 1 heterocycles. The Morgan fingerprint density at radius 3 is 2.65 bits per heavy atom. The Bertz CT molecular complexity index is 679. The Labute approximate surface area is 137 Å². The molecule has 1 amide bonds. The Morgan fingerprint density at radius 2 is 2.04 bits per heavy atom. The summed E-state index contributed by atoms with van der Waals surface area (Å²) in [6.07, 6.45) is 3.41. The summed E-state index contributed by atoms with van der Waals surface area (Å²) in [7, 11) is 0. The van der Waals surface area contributed by atoms with Crippen LogP contribution in [0.5, 0.6) is 0 Å². The molecule has 120 valence electrons. The smallest absolute Gasteiger partial charge is 0.221 e. The number of nitrogens with zero attached hydrogens (tertiary/aromatic N) is 3. The van der Waals surface area contributed by atoms with E-state index in [9.17, 15) is 4.79 Å². The second kappa shape index (κ2) is 8.08. The molecule has 0 saturated carbocycles. The van der Waals surface area contributed by atoms with Crippen LogP contribution in [0.3, 0.4) is 0 Å². The van der Waals surface area contributed by atoms with Crippen LogP contribution in [0.25, 0.3) is 0 Å². The Morgan fingerprint density at radius 1 is 1.26 bits per heavy atom. The molecule has 0 atom stereocenters. The molecular weight excluding hydrogens is 288 g/mol. The van der Waals surface area contributed by atoms with E-state index in [0.717, 1.165) is 24.5 Å². The van der Waals surface area contributed by atoms with Gasteiger partial charge in [0.1, 0.15) is 0 Å². The number of aromatic nitrogens is 1. The zero-order chi connectivity index (χ0) is 16.7. The molecule has 0 saturated heterocycles. The lowest BCUT2D eigenvalue weighted by molar-refractivity contribution is -0.114. The van der Waals surface area contributed by atoms with Gasteiger partial charge in [-0.1, -0.05) is 6.07 Å².